The van der Waals surface area contributed by atoms with E-state index in [9.17, 15) is 4.79 Å². The van der Waals surface area contributed by atoms with Crippen molar-refractivity contribution in [2.45, 2.75) is 64.3 Å². The summed E-state index contributed by atoms with van der Waals surface area (Å²) < 4.78 is 0. The summed E-state index contributed by atoms with van der Waals surface area (Å²) in [4.78, 5) is 13.5. The molecule has 0 aliphatic rings. The molecule has 0 saturated carbocycles. The quantitative estimate of drug-likeness (QED) is 0.640. The van der Waals surface area contributed by atoms with Crippen molar-refractivity contribution in [1.29, 1.82) is 0 Å². The smallest absolute Gasteiger partial charge is 0.252 e. The standard InChI is InChI=1S/C18H29NOS/c1-5-13-21-17-12-7-6-11-16(17)18(20)19-15(4)10-8-9-14(2)3/h6-7,11-12,14-15H,5,8-10,13H2,1-4H3,(H,19,20). The van der Waals surface area contributed by atoms with Crippen molar-refractivity contribution in [2.75, 3.05) is 5.75 Å². The molecule has 3 heteroatoms. The van der Waals surface area contributed by atoms with Gasteiger partial charge in [-0.05, 0) is 43.6 Å². The van der Waals surface area contributed by atoms with Gasteiger partial charge >= 0.3 is 0 Å². The summed E-state index contributed by atoms with van der Waals surface area (Å²) in [7, 11) is 0. The van der Waals surface area contributed by atoms with Crippen molar-refractivity contribution in [3.63, 3.8) is 0 Å². The average Bonchev–Trinajstić information content (AvgIpc) is 2.44. The minimum atomic E-state index is 0.0613. The number of amides is 1. The van der Waals surface area contributed by atoms with E-state index in [1.165, 1.54) is 12.8 Å². The summed E-state index contributed by atoms with van der Waals surface area (Å²) in [6.45, 7) is 8.74. The van der Waals surface area contributed by atoms with Crippen LogP contribution in [0, 0.1) is 5.92 Å². The second-order valence-electron chi connectivity index (χ2n) is 6.04. The van der Waals surface area contributed by atoms with Crippen LogP contribution >= 0.6 is 11.8 Å². The predicted molar refractivity (Wildman–Crippen MR) is 93.1 cm³/mol. The molecule has 0 aliphatic carbocycles. The zero-order valence-electron chi connectivity index (χ0n) is 13.8. The van der Waals surface area contributed by atoms with E-state index < -0.39 is 0 Å². The van der Waals surface area contributed by atoms with Gasteiger partial charge in [0.25, 0.3) is 5.91 Å². The van der Waals surface area contributed by atoms with Crippen molar-refractivity contribution in [1.82, 2.24) is 5.32 Å². The van der Waals surface area contributed by atoms with Crippen LogP contribution in [0.3, 0.4) is 0 Å². The summed E-state index contributed by atoms with van der Waals surface area (Å²) in [5.74, 6) is 1.85. The molecule has 1 N–H and O–H groups in total. The molecule has 0 spiro atoms. The molecular weight excluding hydrogens is 278 g/mol. The zero-order valence-corrected chi connectivity index (χ0v) is 14.6. The second-order valence-corrected chi connectivity index (χ2v) is 7.18. The Balaban J connectivity index is 2.54. The first-order chi connectivity index (χ1) is 10.0. The van der Waals surface area contributed by atoms with Gasteiger partial charge < -0.3 is 5.32 Å². The van der Waals surface area contributed by atoms with E-state index >= 15 is 0 Å². The van der Waals surface area contributed by atoms with E-state index in [2.05, 4.69) is 33.0 Å². The minimum Gasteiger partial charge on any atom is -0.350 e. The molecule has 0 saturated heterocycles. The Morgan fingerprint density at radius 2 is 1.90 bits per heavy atom. The van der Waals surface area contributed by atoms with Gasteiger partial charge in [0.1, 0.15) is 0 Å². The minimum absolute atomic E-state index is 0.0613. The van der Waals surface area contributed by atoms with Gasteiger partial charge in [0.15, 0.2) is 0 Å². The van der Waals surface area contributed by atoms with Crippen LogP contribution in [0.25, 0.3) is 0 Å². The maximum atomic E-state index is 12.4. The maximum absolute atomic E-state index is 12.4. The zero-order chi connectivity index (χ0) is 15.7. The summed E-state index contributed by atoms with van der Waals surface area (Å²) >= 11 is 1.76. The Hall–Kier alpha value is -0.960. The summed E-state index contributed by atoms with van der Waals surface area (Å²) in [6.07, 6.45) is 4.56. The number of carbonyl (C=O) groups is 1. The van der Waals surface area contributed by atoms with E-state index in [1.807, 2.05) is 24.3 Å². The largest absolute Gasteiger partial charge is 0.350 e. The van der Waals surface area contributed by atoms with Gasteiger partial charge in [0, 0.05) is 10.9 Å². The van der Waals surface area contributed by atoms with Gasteiger partial charge in [-0.25, -0.2) is 0 Å². The van der Waals surface area contributed by atoms with E-state index in [-0.39, 0.29) is 11.9 Å². The van der Waals surface area contributed by atoms with Gasteiger partial charge in [-0.15, -0.1) is 11.8 Å². The third kappa shape index (κ3) is 7.03. The molecule has 1 amide bonds. The molecular formula is C18H29NOS. The number of benzene rings is 1. The third-order valence-corrected chi connectivity index (χ3v) is 4.67. The molecule has 21 heavy (non-hydrogen) atoms. The Labute approximate surface area is 134 Å². The predicted octanol–water partition coefficient (Wildman–Crippen LogP) is 5.13. The highest BCUT2D eigenvalue weighted by molar-refractivity contribution is 7.99. The van der Waals surface area contributed by atoms with Crippen LogP contribution in [-0.2, 0) is 0 Å². The molecule has 0 heterocycles. The summed E-state index contributed by atoms with van der Waals surface area (Å²) in [6, 6.07) is 8.14. The van der Waals surface area contributed by atoms with Crippen molar-refractivity contribution in [3.8, 4) is 0 Å². The van der Waals surface area contributed by atoms with Gasteiger partial charge in [0.2, 0.25) is 0 Å². The first-order valence-electron chi connectivity index (χ1n) is 8.07. The van der Waals surface area contributed by atoms with Crippen LogP contribution in [0.4, 0.5) is 0 Å². The number of nitrogens with one attached hydrogen (secondary N) is 1. The van der Waals surface area contributed by atoms with Crippen LogP contribution in [0.5, 0.6) is 0 Å². The second kappa shape index (κ2) is 9.88. The van der Waals surface area contributed by atoms with Crippen molar-refractivity contribution >= 4 is 17.7 Å². The fourth-order valence-electron chi connectivity index (χ4n) is 2.20. The van der Waals surface area contributed by atoms with Crippen LogP contribution in [0.1, 0.15) is 63.7 Å². The van der Waals surface area contributed by atoms with Crippen LogP contribution < -0.4 is 5.32 Å². The van der Waals surface area contributed by atoms with Crippen LogP contribution in [-0.4, -0.2) is 17.7 Å². The number of hydrogen-bond acceptors (Lipinski definition) is 2. The Kier molecular flexibility index (Phi) is 8.51. The molecule has 0 aliphatic heterocycles. The molecule has 0 aromatic heterocycles. The van der Waals surface area contributed by atoms with Crippen molar-refractivity contribution in [2.24, 2.45) is 5.92 Å². The van der Waals surface area contributed by atoms with Crippen molar-refractivity contribution in [3.05, 3.63) is 29.8 Å². The van der Waals surface area contributed by atoms with Crippen LogP contribution in [0.2, 0.25) is 0 Å². The molecule has 0 bridgehead atoms. The van der Waals surface area contributed by atoms with Gasteiger partial charge in [-0.1, -0.05) is 45.7 Å². The number of carbonyl (C=O) groups excluding carboxylic acids is 1. The van der Waals surface area contributed by atoms with E-state index in [0.717, 1.165) is 35.0 Å². The lowest BCUT2D eigenvalue weighted by Crippen LogP contribution is -2.32. The highest BCUT2D eigenvalue weighted by atomic mass is 32.2. The lowest BCUT2D eigenvalue weighted by Gasteiger charge is -2.16. The summed E-state index contributed by atoms with van der Waals surface area (Å²) in [5.41, 5.74) is 0.812. The fourth-order valence-corrected chi connectivity index (χ4v) is 3.11. The summed E-state index contributed by atoms with van der Waals surface area (Å²) in [5, 5.41) is 3.13. The molecule has 1 unspecified atom stereocenters. The molecule has 1 aromatic rings. The normalized spacial score (nSPS) is 12.4. The first kappa shape index (κ1) is 18.1. The lowest BCUT2D eigenvalue weighted by molar-refractivity contribution is 0.0935. The van der Waals surface area contributed by atoms with Crippen molar-refractivity contribution < 1.29 is 4.79 Å². The Morgan fingerprint density at radius 1 is 1.19 bits per heavy atom. The van der Waals surface area contributed by atoms with Crippen LogP contribution in [0.15, 0.2) is 29.2 Å². The van der Waals surface area contributed by atoms with E-state index in [0.29, 0.717) is 0 Å². The number of hydrogen-bond donors (Lipinski definition) is 1. The molecule has 1 aromatic carbocycles. The molecule has 0 fully saturated rings. The van der Waals surface area contributed by atoms with Gasteiger partial charge in [-0.3, -0.25) is 4.79 Å². The molecule has 0 radical (unpaired) electrons. The SMILES string of the molecule is CCCSc1ccccc1C(=O)NC(C)CCCC(C)C. The highest BCUT2D eigenvalue weighted by Crippen LogP contribution is 2.23. The lowest BCUT2D eigenvalue weighted by atomic mass is 10.0. The Morgan fingerprint density at radius 3 is 2.57 bits per heavy atom. The van der Waals surface area contributed by atoms with Gasteiger partial charge in [-0.2, -0.15) is 0 Å². The highest BCUT2D eigenvalue weighted by Gasteiger charge is 2.13. The van der Waals surface area contributed by atoms with E-state index in [4.69, 9.17) is 0 Å². The monoisotopic (exact) mass is 307 g/mol. The number of thioether (sulfide) groups is 1. The fraction of sp³-hybridized carbons (Fsp3) is 0.611. The van der Waals surface area contributed by atoms with E-state index in [1.54, 1.807) is 11.8 Å². The average molecular weight is 308 g/mol. The molecule has 1 rings (SSSR count). The Bertz CT molecular complexity index is 431. The topological polar surface area (TPSA) is 29.1 Å². The molecule has 118 valence electrons. The third-order valence-electron chi connectivity index (χ3n) is 3.39. The van der Waals surface area contributed by atoms with Gasteiger partial charge in [0.05, 0.1) is 5.56 Å². The maximum Gasteiger partial charge on any atom is 0.252 e. The number of rotatable bonds is 9. The molecule has 1 atom stereocenters. The first-order valence-corrected chi connectivity index (χ1v) is 9.05. The molecule has 2 nitrogen and oxygen atoms in total.